The monoisotopic (exact) mass is 371 g/mol. The van der Waals surface area contributed by atoms with Crippen molar-refractivity contribution in [1.82, 2.24) is 4.90 Å². The molecule has 0 unspecified atom stereocenters. The van der Waals surface area contributed by atoms with Gasteiger partial charge in [-0.1, -0.05) is 17.7 Å². The number of benzene rings is 1. The van der Waals surface area contributed by atoms with Gasteiger partial charge in [0.15, 0.2) is 0 Å². The third-order valence-corrected chi connectivity index (χ3v) is 4.88. The maximum Gasteiger partial charge on any atom is 0.410 e. The Balaban J connectivity index is 2.03. The summed E-state index contributed by atoms with van der Waals surface area (Å²) in [7, 11) is -3.90. The van der Waals surface area contributed by atoms with Crippen LogP contribution in [0, 0.1) is 6.92 Å². The molecule has 1 aliphatic rings. The lowest BCUT2D eigenvalue weighted by atomic mass is 10.2. The summed E-state index contributed by atoms with van der Waals surface area (Å²) in [5.74, 6) is 0. The van der Waals surface area contributed by atoms with Crippen molar-refractivity contribution in [3.8, 4) is 0 Å². The lowest BCUT2D eigenvalue weighted by Gasteiger charge is -2.36. The first-order valence-electron chi connectivity index (χ1n) is 8.12. The molecule has 0 aliphatic carbocycles. The first-order chi connectivity index (χ1) is 11.6. The van der Waals surface area contributed by atoms with Gasteiger partial charge in [-0.3, -0.25) is 9.08 Å². The predicted octanol–water partition coefficient (Wildman–Crippen LogP) is 2.34. The highest BCUT2D eigenvalue weighted by Crippen LogP contribution is 2.18. The average Bonchev–Trinajstić information content (AvgIpc) is 2.52. The van der Waals surface area contributed by atoms with Crippen LogP contribution in [0.5, 0.6) is 0 Å². The number of carbonyl (C=O) groups excluding carboxylic acids is 1. The number of hydrogen-bond acceptors (Lipinski definition) is 6. The molecular formula is C17H25NO6S. The minimum Gasteiger partial charge on any atom is -0.444 e. The Bertz CT molecular complexity index is 693. The Labute approximate surface area is 149 Å². The lowest BCUT2D eigenvalue weighted by Crippen LogP contribution is -2.52. The molecule has 1 fully saturated rings. The molecule has 0 saturated carbocycles. The molecule has 7 nitrogen and oxygen atoms in total. The summed E-state index contributed by atoms with van der Waals surface area (Å²) in [6, 6.07) is 5.87. The SMILES string of the molecule is Cc1ccc(S(=O)(=O)OC[C@H]2COCCN2C(=O)OC(C)(C)C)cc1. The molecule has 0 bridgehead atoms. The Morgan fingerprint density at radius 3 is 2.52 bits per heavy atom. The highest BCUT2D eigenvalue weighted by atomic mass is 32.2. The summed E-state index contributed by atoms with van der Waals surface area (Å²) in [5.41, 5.74) is 0.324. The van der Waals surface area contributed by atoms with Crippen LogP contribution in [-0.2, 0) is 23.8 Å². The van der Waals surface area contributed by atoms with Gasteiger partial charge < -0.3 is 9.47 Å². The van der Waals surface area contributed by atoms with Crippen LogP contribution in [0.4, 0.5) is 4.79 Å². The van der Waals surface area contributed by atoms with E-state index in [-0.39, 0.29) is 18.1 Å². The molecule has 1 saturated heterocycles. The Morgan fingerprint density at radius 2 is 1.92 bits per heavy atom. The van der Waals surface area contributed by atoms with Crippen LogP contribution in [-0.4, -0.2) is 57.4 Å². The molecule has 0 aromatic heterocycles. The van der Waals surface area contributed by atoms with Crippen molar-refractivity contribution in [2.45, 2.75) is 44.2 Å². The normalized spacial score (nSPS) is 18.9. The van der Waals surface area contributed by atoms with Gasteiger partial charge in [0.1, 0.15) is 5.60 Å². The lowest BCUT2D eigenvalue weighted by molar-refractivity contribution is -0.0413. The van der Waals surface area contributed by atoms with Crippen molar-refractivity contribution < 1.29 is 26.9 Å². The van der Waals surface area contributed by atoms with Crippen molar-refractivity contribution in [2.24, 2.45) is 0 Å². The minimum absolute atomic E-state index is 0.0821. The fraction of sp³-hybridized carbons (Fsp3) is 0.588. The molecule has 1 aromatic carbocycles. The zero-order chi connectivity index (χ0) is 18.7. The van der Waals surface area contributed by atoms with Crippen molar-refractivity contribution in [3.63, 3.8) is 0 Å². The van der Waals surface area contributed by atoms with Crippen molar-refractivity contribution in [2.75, 3.05) is 26.4 Å². The largest absolute Gasteiger partial charge is 0.444 e. The summed E-state index contributed by atoms with van der Waals surface area (Å²) in [4.78, 5) is 13.8. The van der Waals surface area contributed by atoms with Crippen molar-refractivity contribution in [1.29, 1.82) is 0 Å². The molecule has 1 atom stereocenters. The highest BCUT2D eigenvalue weighted by molar-refractivity contribution is 7.86. The van der Waals surface area contributed by atoms with Gasteiger partial charge in [0.2, 0.25) is 0 Å². The Hall–Kier alpha value is -1.64. The van der Waals surface area contributed by atoms with Crippen LogP contribution < -0.4 is 0 Å². The number of ether oxygens (including phenoxy) is 2. The van der Waals surface area contributed by atoms with E-state index < -0.39 is 27.9 Å². The van der Waals surface area contributed by atoms with E-state index in [1.165, 1.54) is 17.0 Å². The number of amides is 1. The second-order valence-electron chi connectivity index (χ2n) is 6.95. The first-order valence-corrected chi connectivity index (χ1v) is 9.53. The van der Waals surface area contributed by atoms with E-state index in [0.29, 0.717) is 13.2 Å². The fourth-order valence-corrected chi connectivity index (χ4v) is 3.24. The Morgan fingerprint density at radius 1 is 1.28 bits per heavy atom. The molecule has 25 heavy (non-hydrogen) atoms. The van der Waals surface area contributed by atoms with Gasteiger partial charge in [-0.15, -0.1) is 0 Å². The summed E-state index contributed by atoms with van der Waals surface area (Å²) in [6.45, 7) is 7.91. The van der Waals surface area contributed by atoms with Crippen molar-refractivity contribution in [3.05, 3.63) is 29.8 Å². The van der Waals surface area contributed by atoms with Crippen LogP contribution in [0.15, 0.2) is 29.2 Å². The summed E-state index contributed by atoms with van der Waals surface area (Å²) >= 11 is 0. The summed E-state index contributed by atoms with van der Waals surface area (Å²) < 4.78 is 40.5. The Kier molecular flexibility index (Phi) is 6.08. The summed E-state index contributed by atoms with van der Waals surface area (Å²) in [5, 5.41) is 0. The molecule has 0 radical (unpaired) electrons. The minimum atomic E-state index is -3.90. The molecule has 0 spiro atoms. The number of morpholine rings is 1. The van der Waals surface area contributed by atoms with Crippen molar-refractivity contribution >= 4 is 16.2 Å². The van der Waals surface area contributed by atoms with E-state index in [2.05, 4.69) is 0 Å². The average molecular weight is 371 g/mol. The molecule has 2 rings (SSSR count). The van der Waals surface area contributed by atoms with Gasteiger partial charge in [-0.25, -0.2) is 4.79 Å². The third kappa shape index (κ3) is 5.69. The predicted molar refractivity (Wildman–Crippen MR) is 91.9 cm³/mol. The van der Waals surface area contributed by atoms with Gasteiger partial charge in [-0.05, 0) is 39.8 Å². The van der Waals surface area contributed by atoms with Crippen LogP contribution in [0.2, 0.25) is 0 Å². The smallest absolute Gasteiger partial charge is 0.410 e. The zero-order valence-electron chi connectivity index (χ0n) is 15.0. The van der Waals surface area contributed by atoms with Gasteiger partial charge in [0, 0.05) is 6.54 Å². The number of rotatable bonds is 4. The number of nitrogens with zero attached hydrogens (tertiary/aromatic N) is 1. The third-order valence-electron chi connectivity index (χ3n) is 3.58. The molecule has 1 aromatic rings. The maximum absolute atomic E-state index is 12.3. The van der Waals surface area contributed by atoms with Crippen LogP contribution in [0.3, 0.4) is 0 Å². The first kappa shape index (κ1) is 19.7. The molecule has 140 valence electrons. The maximum atomic E-state index is 12.3. The number of carbonyl (C=O) groups is 1. The van der Waals surface area contributed by atoms with Crippen LogP contribution >= 0.6 is 0 Å². The fourth-order valence-electron chi connectivity index (χ4n) is 2.29. The molecule has 0 N–H and O–H groups in total. The van der Waals surface area contributed by atoms with Gasteiger partial charge in [-0.2, -0.15) is 8.42 Å². The molecular weight excluding hydrogens is 346 g/mol. The summed E-state index contributed by atoms with van der Waals surface area (Å²) in [6.07, 6.45) is -0.503. The van der Waals surface area contributed by atoms with Gasteiger partial charge in [0.05, 0.1) is 30.8 Å². The van der Waals surface area contributed by atoms with Crippen LogP contribution in [0.1, 0.15) is 26.3 Å². The standard InChI is InChI=1S/C17H25NO6S/c1-13-5-7-15(8-6-13)25(20,21)23-12-14-11-22-10-9-18(14)16(19)24-17(2,3)4/h5-8,14H,9-12H2,1-4H3/t14-/m1/s1. The van der Waals surface area contributed by atoms with E-state index in [0.717, 1.165) is 5.56 Å². The molecule has 1 amide bonds. The second kappa shape index (κ2) is 7.72. The van der Waals surface area contributed by atoms with E-state index in [9.17, 15) is 13.2 Å². The van der Waals surface area contributed by atoms with E-state index in [1.807, 2.05) is 6.92 Å². The number of aryl methyl sites for hydroxylation is 1. The van der Waals surface area contributed by atoms with Crippen LogP contribution in [0.25, 0.3) is 0 Å². The van der Waals surface area contributed by atoms with E-state index >= 15 is 0 Å². The quantitative estimate of drug-likeness (QED) is 0.756. The second-order valence-corrected chi connectivity index (χ2v) is 8.57. The number of hydrogen-bond donors (Lipinski definition) is 0. The van der Waals surface area contributed by atoms with Gasteiger partial charge >= 0.3 is 6.09 Å². The zero-order valence-corrected chi connectivity index (χ0v) is 15.8. The molecule has 8 heteroatoms. The highest BCUT2D eigenvalue weighted by Gasteiger charge is 2.32. The topological polar surface area (TPSA) is 82.1 Å². The van der Waals surface area contributed by atoms with E-state index in [4.69, 9.17) is 13.7 Å². The molecule has 1 heterocycles. The molecule has 1 aliphatic heterocycles. The van der Waals surface area contributed by atoms with E-state index in [1.54, 1.807) is 32.9 Å². The van der Waals surface area contributed by atoms with Gasteiger partial charge in [0.25, 0.3) is 10.1 Å².